The van der Waals surface area contributed by atoms with E-state index in [1.165, 1.54) is 27.8 Å². The quantitative estimate of drug-likeness (QED) is 0.142. The van der Waals surface area contributed by atoms with Gasteiger partial charge in [-0.15, -0.1) is 29.3 Å². The molecule has 0 unspecified atom stereocenters. The first-order valence-electron chi connectivity index (χ1n) is 23.4. The molecule has 0 atom stereocenters. The number of para-hydroxylation sites is 1. The van der Waals surface area contributed by atoms with Crippen molar-refractivity contribution in [1.82, 2.24) is 14.5 Å². The Morgan fingerprint density at radius 1 is 0.515 bits per heavy atom. The van der Waals surface area contributed by atoms with Gasteiger partial charge in [-0.1, -0.05) is 189 Å². The number of imidazole rings is 1. The summed E-state index contributed by atoms with van der Waals surface area (Å²) in [7, 11) is 3.96. The van der Waals surface area contributed by atoms with E-state index in [1.807, 2.05) is 6.20 Å². The third kappa shape index (κ3) is 9.54. The van der Waals surface area contributed by atoms with Crippen LogP contribution in [-0.2, 0) is 37.3 Å². The fourth-order valence-electron chi connectivity index (χ4n) is 9.16. The molecular formula is C63H61N3OPt. The predicted molar refractivity (Wildman–Crippen MR) is 282 cm³/mol. The molecule has 2 aromatic heterocycles. The van der Waals surface area contributed by atoms with Crippen molar-refractivity contribution in [3.05, 3.63) is 199 Å². The molecule has 0 saturated carbocycles. The van der Waals surface area contributed by atoms with Gasteiger partial charge in [0.15, 0.2) is 0 Å². The number of aromatic nitrogens is 3. The number of ether oxygens (including phenoxy) is 1. The van der Waals surface area contributed by atoms with Crippen LogP contribution in [0.25, 0.3) is 83.9 Å². The average molecular weight is 1070 g/mol. The van der Waals surface area contributed by atoms with E-state index < -0.39 is 0 Å². The molecule has 0 fully saturated rings. The van der Waals surface area contributed by atoms with E-state index in [-0.39, 0.29) is 37.3 Å². The Morgan fingerprint density at radius 3 is 1.76 bits per heavy atom. The van der Waals surface area contributed by atoms with Crippen LogP contribution in [0.3, 0.4) is 0 Å². The number of benzene rings is 7. The van der Waals surface area contributed by atoms with Crippen molar-refractivity contribution in [2.75, 3.05) is 0 Å². The van der Waals surface area contributed by atoms with Gasteiger partial charge in [-0.2, -0.15) is 7.11 Å². The largest absolute Gasteiger partial charge is 2.00 e. The molecule has 68 heavy (non-hydrogen) atoms. The molecule has 9 rings (SSSR count). The van der Waals surface area contributed by atoms with Crippen molar-refractivity contribution in [3.63, 3.8) is 0 Å². The minimum atomic E-state index is -0.161. The van der Waals surface area contributed by atoms with Crippen molar-refractivity contribution in [2.45, 2.75) is 92.4 Å². The van der Waals surface area contributed by atoms with Crippen LogP contribution in [0.4, 0.5) is 0 Å². The summed E-state index contributed by atoms with van der Waals surface area (Å²) in [5, 5.41) is 0. The number of rotatable bonds is 8. The second-order valence-electron chi connectivity index (χ2n) is 21.2. The van der Waals surface area contributed by atoms with Crippen LogP contribution in [0, 0.1) is 27.0 Å². The third-order valence-electron chi connectivity index (χ3n) is 13.0. The zero-order chi connectivity index (χ0) is 47.4. The van der Waals surface area contributed by atoms with Gasteiger partial charge < -0.3 is 4.74 Å². The normalized spacial score (nSPS) is 12.0. The van der Waals surface area contributed by atoms with E-state index in [9.17, 15) is 0 Å². The zero-order valence-electron chi connectivity index (χ0n) is 41.3. The monoisotopic (exact) mass is 1070 g/mol. The topological polar surface area (TPSA) is 39.9 Å². The van der Waals surface area contributed by atoms with Gasteiger partial charge in [0.05, 0.1) is 28.0 Å². The second-order valence-corrected chi connectivity index (χ2v) is 21.2. The summed E-state index contributed by atoms with van der Waals surface area (Å²) in [6.07, 6.45) is 1.91. The molecule has 0 aliphatic heterocycles. The molecule has 7 aromatic carbocycles. The van der Waals surface area contributed by atoms with Gasteiger partial charge in [0.2, 0.25) is 0 Å². The first-order chi connectivity index (χ1) is 31.9. The molecule has 344 valence electrons. The van der Waals surface area contributed by atoms with Gasteiger partial charge in [0.25, 0.3) is 0 Å². The number of pyridine rings is 1. The molecule has 5 heteroatoms. The van der Waals surface area contributed by atoms with Crippen molar-refractivity contribution in [3.8, 4) is 78.6 Å². The van der Waals surface area contributed by atoms with Crippen LogP contribution >= 0.6 is 0 Å². The van der Waals surface area contributed by atoms with E-state index in [4.69, 9.17) is 14.7 Å². The standard InChI is InChI=1S/C63H61N3O.Pt/c1-40-33-41(2)59(67-12)54(34-40)60-65-58-53(19-16-20-56(58)66(60)57-39-50(62(6,7)8)29-30-52(57)45-25-27-49(28-26-45)61(3,4)5)47-35-48(37-51(36-47)63(9,10)11)55-38-46(31-32-64-55)44-23-21-43(22-24-44)42-17-14-13-15-18-42;/h13-34,36-39H,12H2,1-11H3;/q-2;+2. The van der Waals surface area contributed by atoms with Crippen LogP contribution in [0.2, 0.25) is 0 Å². The minimum absolute atomic E-state index is 0. The summed E-state index contributed by atoms with van der Waals surface area (Å²) in [5.74, 6) is 1.49. The van der Waals surface area contributed by atoms with E-state index in [0.717, 1.165) is 83.9 Å². The Balaban J connectivity index is 0.00000625. The Morgan fingerprint density at radius 2 is 1.12 bits per heavy atom. The summed E-state index contributed by atoms with van der Waals surface area (Å²) in [6.45, 7) is 24.6. The minimum Gasteiger partial charge on any atom is -0.665 e. The SMILES string of the molecule is [CH2-]Oc1c(C)cc(C)cc1-c1nc2c(-c3[c-]c(-c4cc(-c5ccc(-c6ccccc6)cc5)ccn4)cc(C(C)(C)C)c3)cccc2n1-c1cc(C(C)(C)C)ccc1-c1ccc(C(C)(C)C)cc1.[Pt+2]. The average Bonchev–Trinajstić information content (AvgIpc) is 3.70. The maximum Gasteiger partial charge on any atom is 2.00 e. The number of fused-ring (bicyclic) bond motifs is 1. The second kappa shape index (κ2) is 18.6. The van der Waals surface area contributed by atoms with Gasteiger partial charge in [0.1, 0.15) is 5.82 Å². The van der Waals surface area contributed by atoms with Gasteiger partial charge in [-0.3, -0.25) is 9.55 Å². The van der Waals surface area contributed by atoms with Crippen LogP contribution in [0.5, 0.6) is 5.75 Å². The van der Waals surface area contributed by atoms with Gasteiger partial charge in [-0.25, -0.2) is 4.98 Å². The summed E-state index contributed by atoms with van der Waals surface area (Å²) in [6, 6.07) is 58.8. The Kier molecular flexibility index (Phi) is 13.2. The van der Waals surface area contributed by atoms with Crippen molar-refractivity contribution in [1.29, 1.82) is 0 Å². The molecule has 4 nitrogen and oxygen atoms in total. The molecule has 2 heterocycles. The van der Waals surface area contributed by atoms with Crippen molar-refractivity contribution < 1.29 is 25.8 Å². The molecule has 0 aliphatic carbocycles. The van der Waals surface area contributed by atoms with Gasteiger partial charge in [-0.05, 0) is 104 Å². The molecule has 9 aromatic rings. The summed E-state index contributed by atoms with van der Waals surface area (Å²) < 4.78 is 8.34. The molecule has 0 aliphatic rings. The number of hydrogen-bond donors (Lipinski definition) is 0. The van der Waals surface area contributed by atoms with Crippen LogP contribution in [0.1, 0.15) is 90.1 Å². The van der Waals surface area contributed by atoms with E-state index in [0.29, 0.717) is 5.75 Å². The Bertz CT molecular complexity index is 3270. The summed E-state index contributed by atoms with van der Waals surface area (Å²) in [5.41, 5.74) is 20.0. The van der Waals surface area contributed by atoms with Crippen LogP contribution in [-0.4, -0.2) is 14.5 Å². The molecule has 0 radical (unpaired) electrons. The number of nitrogens with zero attached hydrogens (tertiary/aromatic N) is 3. The molecule has 0 amide bonds. The molecule has 0 spiro atoms. The maximum absolute atomic E-state index is 5.99. The van der Waals surface area contributed by atoms with E-state index in [2.05, 4.69) is 246 Å². The maximum atomic E-state index is 5.99. The first-order valence-corrected chi connectivity index (χ1v) is 23.4. The summed E-state index contributed by atoms with van der Waals surface area (Å²) in [4.78, 5) is 10.7. The molecule has 0 bridgehead atoms. The molecule has 0 saturated heterocycles. The van der Waals surface area contributed by atoms with Gasteiger partial charge >= 0.3 is 21.1 Å². The Hall–Kier alpha value is -6.35. The smallest absolute Gasteiger partial charge is 0.665 e. The van der Waals surface area contributed by atoms with Crippen LogP contribution in [0.15, 0.2) is 158 Å². The third-order valence-corrected chi connectivity index (χ3v) is 13.0. The molecule has 0 N–H and O–H groups in total. The predicted octanol–water partition coefficient (Wildman–Crippen LogP) is 16.9. The molecular weight excluding hydrogens is 1010 g/mol. The fourth-order valence-corrected chi connectivity index (χ4v) is 9.16. The fraction of sp³-hybridized carbons (Fsp3) is 0.222. The van der Waals surface area contributed by atoms with Crippen LogP contribution < -0.4 is 4.74 Å². The first kappa shape index (κ1) is 48.1. The van der Waals surface area contributed by atoms with E-state index in [1.54, 1.807) is 0 Å². The Labute approximate surface area is 418 Å². The number of aryl methyl sites for hydroxylation is 2. The van der Waals surface area contributed by atoms with Gasteiger partial charge in [0, 0.05) is 17.5 Å². The van der Waals surface area contributed by atoms with E-state index >= 15 is 0 Å². The number of hydrogen-bond acceptors (Lipinski definition) is 3. The van der Waals surface area contributed by atoms with Crippen molar-refractivity contribution in [2.24, 2.45) is 0 Å². The van der Waals surface area contributed by atoms with Crippen molar-refractivity contribution >= 4 is 11.0 Å². The summed E-state index contributed by atoms with van der Waals surface area (Å²) >= 11 is 0. The zero-order valence-corrected chi connectivity index (χ0v) is 43.6.